The second-order valence-corrected chi connectivity index (χ2v) is 6.47. The van der Waals surface area contributed by atoms with Crippen molar-refractivity contribution in [3.05, 3.63) is 29.8 Å². The summed E-state index contributed by atoms with van der Waals surface area (Å²) in [7, 11) is 1.40. The van der Waals surface area contributed by atoms with Gasteiger partial charge in [-0.05, 0) is 44.9 Å². The second kappa shape index (κ2) is 8.56. The van der Waals surface area contributed by atoms with Gasteiger partial charge in [-0.1, -0.05) is 31.9 Å². The lowest BCUT2D eigenvalue weighted by atomic mass is 9.93. The van der Waals surface area contributed by atoms with E-state index in [0.29, 0.717) is 5.69 Å². The van der Waals surface area contributed by atoms with Crippen LogP contribution in [0.5, 0.6) is 0 Å². The molecule has 128 valence electrons. The molecule has 0 aromatic heterocycles. The molecule has 5 nitrogen and oxygen atoms in total. The highest BCUT2D eigenvalue weighted by molar-refractivity contribution is 5.85. The van der Waals surface area contributed by atoms with Crippen LogP contribution in [0.2, 0.25) is 0 Å². The van der Waals surface area contributed by atoms with E-state index in [9.17, 15) is 9.59 Å². The number of esters is 1. The normalized spacial score (nSPS) is 12.4. The predicted octanol–water partition coefficient (Wildman–Crippen LogP) is 4.48. The summed E-state index contributed by atoms with van der Waals surface area (Å²) < 4.78 is 10.1. The van der Waals surface area contributed by atoms with Gasteiger partial charge >= 0.3 is 12.1 Å². The first-order valence-electron chi connectivity index (χ1n) is 7.94. The number of rotatable bonds is 6. The third kappa shape index (κ3) is 6.72. The Morgan fingerprint density at radius 2 is 1.78 bits per heavy atom. The Bertz CT molecular complexity index is 517. The van der Waals surface area contributed by atoms with Crippen molar-refractivity contribution >= 4 is 17.7 Å². The molecule has 0 heterocycles. The van der Waals surface area contributed by atoms with Crippen LogP contribution in [0.25, 0.3) is 0 Å². The molecule has 0 saturated heterocycles. The van der Waals surface area contributed by atoms with E-state index in [1.165, 1.54) is 7.11 Å². The van der Waals surface area contributed by atoms with Gasteiger partial charge in [-0.2, -0.15) is 0 Å². The molecule has 0 bridgehead atoms. The zero-order chi connectivity index (χ0) is 17.5. The van der Waals surface area contributed by atoms with Crippen molar-refractivity contribution < 1.29 is 19.1 Å². The molecule has 1 N–H and O–H groups in total. The highest BCUT2D eigenvalue weighted by Gasteiger charge is 2.21. The molecule has 1 atom stereocenters. The first-order chi connectivity index (χ1) is 10.8. The molecule has 0 aliphatic rings. The number of carbonyl (C=O) groups is 2. The van der Waals surface area contributed by atoms with Crippen LogP contribution >= 0.6 is 0 Å². The van der Waals surface area contributed by atoms with Crippen LogP contribution in [0.3, 0.4) is 0 Å². The monoisotopic (exact) mass is 321 g/mol. The minimum absolute atomic E-state index is 0.230. The van der Waals surface area contributed by atoms with E-state index in [-0.39, 0.29) is 11.9 Å². The van der Waals surface area contributed by atoms with Crippen LogP contribution in [0.15, 0.2) is 24.3 Å². The molecular formula is C18H27NO4. The Morgan fingerprint density at radius 3 is 2.26 bits per heavy atom. The Labute approximate surface area is 138 Å². The predicted molar refractivity (Wildman–Crippen MR) is 90.6 cm³/mol. The number of hydrogen-bond acceptors (Lipinski definition) is 4. The maximum atomic E-state index is 11.9. The standard InChI is InChI=1S/C18H27NO4/c1-6-7-8-15(16(20)22-5)13-9-11-14(12-10-13)19-17(21)23-18(2,3)4/h9-12,15H,6-8H2,1-5H3,(H,19,21). The second-order valence-electron chi connectivity index (χ2n) is 6.47. The van der Waals surface area contributed by atoms with Gasteiger partial charge in [0.15, 0.2) is 0 Å². The molecule has 1 aromatic carbocycles. The smallest absolute Gasteiger partial charge is 0.412 e. The van der Waals surface area contributed by atoms with E-state index in [0.717, 1.165) is 24.8 Å². The average molecular weight is 321 g/mol. The molecule has 1 rings (SSSR count). The third-order valence-corrected chi connectivity index (χ3v) is 3.29. The van der Waals surface area contributed by atoms with Crippen molar-refractivity contribution in [3.63, 3.8) is 0 Å². The lowest BCUT2D eigenvalue weighted by molar-refractivity contribution is -0.142. The first-order valence-corrected chi connectivity index (χ1v) is 7.94. The number of ether oxygens (including phenoxy) is 2. The Balaban J connectivity index is 2.77. The summed E-state index contributed by atoms with van der Waals surface area (Å²) >= 11 is 0. The van der Waals surface area contributed by atoms with Gasteiger partial charge in [0, 0.05) is 5.69 Å². The SMILES string of the molecule is CCCCC(C(=O)OC)c1ccc(NC(=O)OC(C)(C)C)cc1. The first kappa shape index (κ1) is 19.0. The molecule has 23 heavy (non-hydrogen) atoms. The lowest BCUT2D eigenvalue weighted by Gasteiger charge is -2.20. The number of carbonyl (C=O) groups excluding carboxylic acids is 2. The van der Waals surface area contributed by atoms with Crippen molar-refractivity contribution in [2.75, 3.05) is 12.4 Å². The Morgan fingerprint density at radius 1 is 1.17 bits per heavy atom. The van der Waals surface area contributed by atoms with Gasteiger partial charge in [-0.3, -0.25) is 10.1 Å². The molecule has 0 aliphatic heterocycles. The summed E-state index contributed by atoms with van der Waals surface area (Å²) in [6.45, 7) is 7.52. The van der Waals surface area contributed by atoms with Crippen LogP contribution < -0.4 is 5.32 Å². The highest BCUT2D eigenvalue weighted by atomic mass is 16.6. The molecule has 0 radical (unpaired) electrons. The van der Waals surface area contributed by atoms with Crippen LogP contribution in [0.1, 0.15) is 58.4 Å². The average Bonchev–Trinajstić information content (AvgIpc) is 2.46. The zero-order valence-electron chi connectivity index (χ0n) is 14.6. The van der Waals surface area contributed by atoms with Gasteiger partial charge in [0.25, 0.3) is 0 Å². The van der Waals surface area contributed by atoms with Crippen molar-refractivity contribution in [1.82, 2.24) is 0 Å². The summed E-state index contributed by atoms with van der Waals surface area (Å²) in [5.74, 6) is -0.498. The quantitative estimate of drug-likeness (QED) is 0.785. The Hall–Kier alpha value is -2.04. The van der Waals surface area contributed by atoms with E-state index in [1.807, 2.05) is 32.9 Å². The van der Waals surface area contributed by atoms with Crippen LogP contribution in [-0.4, -0.2) is 24.8 Å². The van der Waals surface area contributed by atoms with Crippen LogP contribution in [0.4, 0.5) is 10.5 Å². The minimum atomic E-state index is -0.542. The van der Waals surface area contributed by atoms with Gasteiger partial charge in [-0.15, -0.1) is 0 Å². The molecule has 1 amide bonds. The van der Waals surface area contributed by atoms with Crippen molar-refractivity contribution in [2.45, 2.75) is 58.5 Å². The van der Waals surface area contributed by atoms with Crippen LogP contribution in [-0.2, 0) is 14.3 Å². The fourth-order valence-electron chi connectivity index (χ4n) is 2.19. The summed E-state index contributed by atoms with van der Waals surface area (Å²) in [6.07, 6.45) is 2.23. The third-order valence-electron chi connectivity index (χ3n) is 3.29. The highest BCUT2D eigenvalue weighted by Crippen LogP contribution is 2.25. The number of nitrogens with one attached hydrogen (secondary N) is 1. The summed E-state index contributed by atoms with van der Waals surface area (Å²) in [6, 6.07) is 7.20. The maximum absolute atomic E-state index is 11.9. The fourth-order valence-corrected chi connectivity index (χ4v) is 2.19. The summed E-state index contributed by atoms with van der Waals surface area (Å²) in [5.41, 5.74) is 0.974. The van der Waals surface area contributed by atoms with E-state index in [2.05, 4.69) is 12.2 Å². The minimum Gasteiger partial charge on any atom is -0.469 e. The molecule has 1 aromatic rings. The topological polar surface area (TPSA) is 64.6 Å². The maximum Gasteiger partial charge on any atom is 0.412 e. The number of amides is 1. The molecule has 0 aliphatic carbocycles. The molecule has 5 heteroatoms. The van der Waals surface area contributed by atoms with Gasteiger partial charge < -0.3 is 9.47 Å². The van der Waals surface area contributed by atoms with Crippen molar-refractivity contribution in [2.24, 2.45) is 0 Å². The number of anilines is 1. The molecular weight excluding hydrogens is 294 g/mol. The van der Waals surface area contributed by atoms with E-state index in [4.69, 9.17) is 9.47 Å². The molecule has 0 fully saturated rings. The van der Waals surface area contributed by atoms with E-state index in [1.54, 1.807) is 12.1 Å². The largest absolute Gasteiger partial charge is 0.469 e. The van der Waals surface area contributed by atoms with E-state index < -0.39 is 11.7 Å². The number of benzene rings is 1. The van der Waals surface area contributed by atoms with Gasteiger partial charge in [-0.25, -0.2) is 4.79 Å². The van der Waals surface area contributed by atoms with E-state index >= 15 is 0 Å². The molecule has 0 spiro atoms. The number of methoxy groups -OCH3 is 1. The number of unbranched alkanes of at least 4 members (excludes halogenated alkanes) is 1. The van der Waals surface area contributed by atoms with Gasteiger partial charge in [0.2, 0.25) is 0 Å². The molecule has 1 unspecified atom stereocenters. The van der Waals surface area contributed by atoms with Crippen LogP contribution in [0, 0.1) is 0 Å². The number of hydrogen-bond donors (Lipinski definition) is 1. The summed E-state index contributed by atoms with van der Waals surface area (Å²) in [5, 5.41) is 2.67. The Kier molecular flexibility index (Phi) is 7.07. The fraction of sp³-hybridized carbons (Fsp3) is 0.556. The zero-order valence-corrected chi connectivity index (χ0v) is 14.6. The summed E-state index contributed by atoms with van der Waals surface area (Å²) in [4.78, 5) is 23.7. The van der Waals surface area contributed by atoms with Gasteiger partial charge in [0.1, 0.15) is 5.60 Å². The molecule has 0 saturated carbocycles. The lowest BCUT2D eigenvalue weighted by Crippen LogP contribution is -2.27. The van der Waals surface area contributed by atoms with Crippen molar-refractivity contribution in [3.8, 4) is 0 Å². The van der Waals surface area contributed by atoms with Crippen molar-refractivity contribution in [1.29, 1.82) is 0 Å². The van der Waals surface area contributed by atoms with Gasteiger partial charge in [0.05, 0.1) is 13.0 Å².